The van der Waals surface area contributed by atoms with Crippen LogP contribution >= 0.6 is 11.8 Å². The molecule has 2 atom stereocenters. The number of anilines is 1. The van der Waals surface area contributed by atoms with Gasteiger partial charge < -0.3 is 83.1 Å². The number of fused-ring (bicyclic) bond motifs is 5. The molecule has 0 saturated carbocycles. The summed E-state index contributed by atoms with van der Waals surface area (Å²) in [6, 6.07) is 14.2. The van der Waals surface area contributed by atoms with Crippen molar-refractivity contribution in [3.63, 3.8) is 0 Å². The Morgan fingerprint density at radius 2 is 1.36 bits per heavy atom. The van der Waals surface area contributed by atoms with Gasteiger partial charge in [-0.25, -0.2) is 33.0 Å². The van der Waals surface area contributed by atoms with E-state index in [1.54, 1.807) is 54.2 Å². The van der Waals surface area contributed by atoms with Gasteiger partial charge in [0.1, 0.15) is 38.3 Å². The first-order valence-electron chi connectivity index (χ1n) is 35.9. The molecule has 0 saturated heterocycles. The number of thioether (sulfide) groups is 1. The molecule has 0 radical (unpaired) electrons. The number of sulfonamides is 1. The van der Waals surface area contributed by atoms with Crippen LogP contribution in [-0.2, 0) is 123 Å². The van der Waals surface area contributed by atoms with Crippen LogP contribution in [0.15, 0.2) is 83.0 Å². The number of ketones is 1. The Hall–Kier alpha value is -7.70. The lowest BCUT2D eigenvalue weighted by Crippen LogP contribution is -2.47. The van der Waals surface area contributed by atoms with Gasteiger partial charge in [0.15, 0.2) is 5.16 Å². The first kappa shape index (κ1) is 85.5. The highest BCUT2D eigenvalue weighted by atomic mass is 32.2. The molecule has 106 heavy (non-hydrogen) atoms. The summed E-state index contributed by atoms with van der Waals surface area (Å²) in [5.74, 6) is -2.25. The maximum Gasteiger partial charge on any atom is 0.510 e. The second-order valence-corrected chi connectivity index (χ2v) is 27.8. The summed E-state index contributed by atoms with van der Waals surface area (Å²) >= 11 is 1.50. The molecule has 0 spiro atoms. The minimum atomic E-state index is -3.54. The number of benzene rings is 2. The lowest BCUT2D eigenvalue weighted by atomic mass is 9.85. The van der Waals surface area contributed by atoms with E-state index in [2.05, 4.69) is 25.9 Å². The Morgan fingerprint density at radius 3 is 1.96 bits per heavy atom. The molecule has 582 valence electrons. The molecule has 5 N–H and O–H groups in total. The summed E-state index contributed by atoms with van der Waals surface area (Å²) in [6.07, 6.45) is 14.5. The molecular formula is C74H103N9O21S2. The molecule has 0 bridgehead atoms. The molecule has 2 aromatic carbocycles. The van der Waals surface area contributed by atoms with Crippen molar-refractivity contribution < 1.29 is 94.0 Å². The number of Topliss-reactive ketones (excluding diaryl/α,β-unsaturated/α-hetero) is 1. The summed E-state index contributed by atoms with van der Waals surface area (Å²) in [6.45, 7) is 11.0. The molecular weight excluding hydrogens is 1410 g/mol. The Morgan fingerprint density at radius 1 is 0.755 bits per heavy atom. The molecule has 7 rings (SSSR count). The third-order valence-corrected chi connectivity index (χ3v) is 19.1. The van der Waals surface area contributed by atoms with Crippen molar-refractivity contribution in [2.45, 2.75) is 128 Å². The highest BCUT2D eigenvalue weighted by Crippen LogP contribution is 2.42. The molecule has 5 heterocycles. The maximum atomic E-state index is 14.4. The van der Waals surface area contributed by atoms with Gasteiger partial charge in [-0.1, -0.05) is 61.2 Å². The van der Waals surface area contributed by atoms with Crippen molar-refractivity contribution in [1.82, 2.24) is 34.5 Å². The van der Waals surface area contributed by atoms with E-state index >= 15 is 0 Å². The van der Waals surface area contributed by atoms with Gasteiger partial charge in [0.05, 0.1) is 134 Å². The quantitative estimate of drug-likeness (QED) is 0.0142. The Kier molecular flexibility index (Phi) is 37.5. The predicted octanol–water partition coefficient (Wildman–Crippen LogP) is 6.22. The van der Waals surface area contributed by atoms with Crippen LogP contribution in [0.25, 0.3) is 28.4 Å². The molecule has 2 aliphatic heterocycles. The average Bonchev–Trinajstić information content (AvgIpc) is 1.49. The Balaban J connectivity index is 0.682. The van der Waals surface area contributed by atoms with Crippen molar-refractivity contribution in [3.05, 3.63) is 117 Å². The number of nitrogens with one attached hydrogen (secondary N) is 3. The Labute approximate surface area is 623 Å². The zero-order valence-electron chi connectivity index (χ0n) is 61.4. The smallest absolute Gasteiger partial charge is 0.457 e. The van der Waals surface area contributed by atoms with Crippen molar-refractivity contribution >= 4 is 80.1 Å². The fourth-order valence-electron chi connectivity index (χ4n) is 11.7. The average molecular weight is 1520 g/mol. The number of hydrogen-bond donors (Lipinski definition) is 4. The summed E-state index contributed by atoms with van der Waals surface area (Å²) in [4.78, 5) is 106. The van der Waals surface area contributed by atoms with Crippen molar-refractivity contribution in [2.24, 2.45) is 5.73 Å². The number of nitrogens with two attached hydrogens (primary N) is 1. The van der Waals surface area contributed by atoms with E-state index in [0.29, 0.717) is 172 Å². The van der Waals surface area contributed by atoms with Gasteiger partial charge in [0.2, 0.25) is 33.3 Å². The molecule has 0 aliphatic carbocycles. The number of ether oxygens (including phenoxy) is 12. The fourth-order valence-corrected chi connectivity index (χ4v) is 13.2. The number of hydrogen-bond acceptors (Lipinski definition) is 26. The summed E-state index contributed by atoms with van der Waals surface area (Å²) in [5, 5.41) is 9.68. The number of carbonyl (C=O) groups is 6. The molecule has 2 aliphatic rings. The Bertz CT molecular complexity index is 3810. The van der Waals surface area contributed by atoms with Crippen LogP contribution in [0.2, 0.25) is 0 Å². The van der Waals surface area contributed by atoms with Gasteiger partial charge >= 0.3 is 12.1 Å². The third-order valence-electron chi connectivity index (χ3n) is 17.1. The number of amides is 3. The van der Waals surface area contributed by atoms with Crippen LogP contribution in [0.5, 0.6) is 0 Å². The summed E-state index contributed by atoms with van der Waals surface area (Å²) < 4.78 is 95.0. The van der Waals surface area contributed by atoms with Gasteiger partial charge in [-0.3, -0.25) is 24.0 Å². The van der Waals surface area contributed by atoms with Crippen LogP contribution in [-0.4, -0.2) is 231 Å². The molecule has 0 unspecified atom stereocenters. The van der Waals surface area contributed by atoms with Crippen molar-refractivity contribution in [2.75, 3.05) is 156 Å². The SMILES string of the molecule is CC[C@@]1(OC(=O)OCc2ccc(NC(=O)[C@H](CCCCN)NC(=O)COCC(=O)NCCOCCOCCOCCOCCOCCOCCOCCOCCCC(=O)CCC/C=C\c3cnc(SC)nc3)cc2)C(=O)OCc2c1cc1n(c2=O)Cc2c-1nc1ccccc1c2CCN(C(C)C)S(C)(=O)=O. The zero-order chi connectivity index (χ0) is 75.9. The van der Waals surface area contributed by atoms with E-state index in [9.17, 15) is 42.0 Å². The van der Waals surface area contributed by atoms with E-state index in [-0.39, 0.29) is 75.2 Å². The first-order valence-corrected chi connectivity index (χ1v) is 39.0. The standard InChI is InChI=1S/C74H103N9O21S2/c1-6-74(62-45-65-68-60(48-82(65)70(88)61(62)50-102-71(74)89)58(59-18-10-11-19-63(59)81-68)25-28-83(53(2)3)106(5,91)92)104-73(90)103-49-54-21-23-56(24-22-54)79-69(87)64(20-12-13-26-75)80-67(86)52-101-51-66(85)76-27-30-94-32-34-96-36-38-98-40-42-100-44-43-99-41-39-97-37-35-95-33-31-93-29-14-17-57(84)16-9-7-8-15-55-46-77-72(105-4)78-47-55/h8,10-11,15,18-19,21-24,45-47,53,64H,6-7,9,12-14,16-17,20,25-44,48-52,75H2,1-5H3,(H,76,85)(H,79,87)(H,80,86)/b15-8-/t64-,74-/m0/s1. The van der Waals surface area contributed by atoms with Crippen LogP contribution < -0.4 is 27.2 Å². The number of unbranched alkanes of at least 4 members (excludes halogenated alkanes) is 2. The summed E-state index contributed by atoms with van der Waals surface area (Å²) in [5.41, 5.74) is 8.34. The van der Waals surface area contributed by atoms with Gasteiger partial charge in [0.25, 0.3) is 5.56 Å². The van der Waals surface area contributed by atoms with Crippen molar-refractivity contribution in [1.29, 1.82) is 0 Å². The predicted molar refractivity (Wildman–Crippen MR) is 395 cm³/mol. The number of carbonyl (C=O) groups excluding carboxylic acids is 6. The number of aromatic nitrogens is 4. The summed E-state index contributed by atoms with van der Waals surface area (Å²) in [7, 11) is -3.54. The lowest BCUT2D eigenvalue weighted by molar-refractivity contribution is -0.175. The van der Waals surface area contributed by atoms with Crippen LogP contribution in [0.4, 0.5) is 10.5 Å². The number of allylic oxidation sites excluding steroid dienone is 1. The monoisotopic (exact) mass is 1520 g/mol. The molecule has 5 aromatic rings. The van der Waals surface area contributed by atoms with Crippen LogP contribution in [0, 0.1) is 0 Å². The minimum Gasteiger partial charge on any atom is -0.457 e. The van der Waals surface area contributed by atoms with E-state index in [1.807, 2.05) is 56.5 Å². The van der Waals surface area contributed by atoms with Crippen molar-refractivity contribution in [3.8, 4) is 11.4 Å². The molecule has 3 amide bonds. The molecule has 32 heteroatoms. The van der Waals surface area contributed by atoms with E-state index in [1.165, 1.54) is 22.3 Å². The number of nitrogens with zero attached hydrogens (tertiary/aromatic N) is 5. The topological polar surface area (TPSA) is 373 Å². The maximum absolute atomic E-state index is 14.4. The van der Waals surface area contributed by atoms with Crippen LogP contribution in [0.3, 0.4) is 0 Å². The van der Waals surface area contributed by atoms with Gasteiger partial charge in [-0.15, -0.1) is 0 Å². The van der Waals surface area contributed by atoms with E-state index in [4.69, 9.17) is 67.6 Å². The van der Waals surface area contributed by atoms with E-state index in [0.717, 1.165) is 40.1 Å². The van der Waals surface area contributed by atoms with Gasteiger partial charge in [-0.05, 0) is 113 Å². The molecule has 0 fully saturated rings. The highest BCUT2D eigenvalue weighted by Gasteiger charge is 2.51. The third kappa shape index (κ3) is 28.1. The zero-order valence-corrected chi connectivity index (χ0v) is 63.0. The molecule has 3 aromatic heterocycles. The largest absolute Gasteiger partial charge is 0.510 e. The number of pyridine rings is 2. The molecule has 30 nitrogen and oxygen atoms in total. The second-order valence-electron chi connectivity index (χ2n) is 25.1. The number of cyclic esters (lactones) is 1. The van der Waals surface area contributed by atoms with Gasteiger partial charge in [0, 0.05) is 78.7 Å². The minimum absolute atomic E-state index is 0.115. The number of rotatable bonds is 54. The van der Waals surface area contributed by atoms with Gasteiger partial charge in [-0.2, -0.15) is 4.31 Å². The normalized spacial score (nSPS) is 14.3. The van der Waals surface area contributed by atoms with E-state index < -0.39 is 70.3 Å². The lowest BCUT2D eigenvalue weighted by Gasteiger charge is -2.35. The second kappa shape index (κ2) is 46.5. The fraction of sp³-hybridized carbons (Fsp3) is 0.568. The number of esters is 1. The first-order chi connectivity index (χ1) is 51.3. The number of para-hydroxylation sites is 1. The highest BCUT2D eigenvalue weighted by molar-refractivity contribution is 7.98. The van der Waals surface area contributed by atoms with Crippen LogP contribution in [0.1, 0.15) is 112 Å².